The molecule has 1 atom stereocenters. The van der Waals surface area contributed by atoms with Gasteiger partial charge in [0, 0.05) is 17.8 Å². The van der Waals surface area contributed by atoms with Gasteiger partial charge in [0.25, 0.3) is 0 Å². The van der Waals surface area contributed by atoms with E-state index in [-0.39, 0.29) is 11.5 Å². The number of hydrogen-bond acceptors (Lipinski definition) is 3. The predicted molar refractivity (Wildman–Crippen MR) is 78.9 cm³/mol. The Labute approximate surface area is 117 Å². The highest BCUT2D eigenvalue weighted by Crippen LogP contribution is 2.26. The summed E-state index contributed by atoms with van der Waals surface area (Å²) in [5.74, 6) is 0. The maximum atomic E-state index is 11.3. The summed E-state index contributed by atoms with van der Waals surface area (Å²) in [5.41, 5.74) is -1.08. The molecule has 0 saturated heterocycles. The van der Waals surface area contributed by atoms with Gasteiger partial charge in [-0.25, -0.2) is 0 Å². The second kappa shape index (κ2) is 11.2. The molecule has 0 aliphatic heterocycles. The molecule has 0 aromatic rings. The molecule has 0 radical (unpaired) electrons. The Bertz CT molecular complexity index is 233. The number of rotatable bonds is 13. The Hall–Kier alpha value is -0.640. The first-order chi connectivity index (χ1) is 9.13. The summed E-state index contributed by atoms with van der Waals surface area (Å²) in [5, 5.41) is 20.7. The van der Waals surface area contributed by atoms with Crippen LogP contribution in [0.1, 0.15) is 84.5 Å². The molecule has 0 spiro atoms. The van der Waals surface area contributed by atoms with Crippen LogP contribution in [0, 0.1) is 10.1 Å². The molecule has 19 heavy (non-hydrogen) atoms. The van der Waals surface area contributed by atoms with Crippen molar-refractivity contribution >= 4 is 0 Å². The van der Waals surface area contributed by atoms with E-state index in [4.69, 9.17) is 0 Å². The number of hydrogen-bond donors (Lipinski definition) is 1. The Kier molecular flexibility index (Phi) is 10.8. The minimum absolute atomic E-state index is 0.241. The Morgan fingerprint density at radius 1 is 0.895 bits per heavy atom. The molecule has 0 aliphatic carbocycles. The van der Waals surface area contributed by atoms with Gasteiger partial charge in [0.1, 0.15) is 6.61 Å². The molecule has 0 saturated carbocycles. The van der Waals surface area contributed by atoms with E-state index in [1.165, 1.54) is 19.3 Å². The topological polar surface area (TPSA) is 63.4 Å². The second-order valence-electron chi connectivity index (χ2n) is 5.61. The minimum atomic E-state index is -1.08. The fourth-order valence-electron chi connectivity index (χ4n) is 2.46. The van der Waals surface area contributed by atoms with Crippen LogP contribution in [0.5, 0.6) is 0 Å². The Morgan fingerprint density at radius 2 is 1.32 bits per heavy atom. The molecule has 4 nitrogen and oxygen atoms in total. The number of aliphatic hydroxyl groups is 1. The lowest BCUT2D eigenvalue weighted by Gasteiger charge is -2.23. The summed E-state index contributed by atoms with van der Waals surface area (Å²) in [6.07, 6.45) is 10.7. The highest BCUT2D eigenvalue weighted by molar-refractivity contribution is 4.78. The molecule has 0 amide bonds. The molecule has 0 aromatic heterocycles. The summed E-state index contributed by atoms with van der Waals surface area (Å²) in [6, 6.07) is 0. The van der Waals surface area contributed by atoms with Crippen LogP contribution >= 0.6 is 0 Å². The molecule has 114 valence electrons. The van der Waals surface area contributed by atoms with Crippen LogP contribution in [0.2, 0.25) is 0 Å². The lowest BCUT2D eigenvalue weighted by molar-refractivity contribution is -0.576. The van der Waals surface area contributed by atoms with Gasteiger partial charge in [0.15, 0.2) is 0 Å². The van der Waals surface area contributed by atoms with Gasteiger partial charge in [-0.05, 0) is 12.8 Å². The maximum Gasteiger partial charge on any atom is 0.244 e. The van der Waals surface area contributed by atoms with Crippen LogP contribution in [0.25, 0.3) is 0 Å². The van der Waals surface area contributed by atoms with E-state index >= 15 is 0 Å². The van der Waals surface area contributed by atoms with Gasteiger partial charge >= 0.3 is 0 Å². The molecule has 1 unspecified atom stereocenters. The predicted octanol–water partition coefficient (Wildman–Crippen LogP) is 4.33. The molecule has 0 bridgehead atoms. The average Bonchev–Trinajstić information content (AvgIpc) is 2.40. The number of nitro groups is 1. The van der Waals surface area contributed by atoms with E-state index in [1.54, 1.807) is 0 Å². The van der Waals surface area contributed by atoms with Crippen molar-refractivity contribution in [2.24, 2.45) is 0 Å². The standard InChI is InChI=1S/C15H31NO3/c1-3-5-7-8-9-11-13-15(14-17,16(18)19)12-10-6-4-2/h17H,3-14H2,1-2H3. The van der Waals surface area contributed by atoms with E-state index in [0.29, 0.717) is 12.8 Å². The van der Waals surface area contributed by atoms with Crippen molar-refractivity contribution in [3.05, 3.63) is 10.1 Å². The van der Waals surface area contributed by atoms with E-state index in [2.05, 4.69) is 13.8 Å². The SMILES string of the molecule is CCCCCCCCC(CO)(CCCCC)[N+](=O)[O-]. The first kappa shape index (κ1) is 18.4. The van der Waals surface area contributed by atoms with Crippen LogP contribution in [0.4, 0.5) is 0 Å². The van der Waals surface area contributed by atoms with Gasteiger partial charge in [-0.15, -0.1) is 0 Å². The zero-order chi connectivity index (χ0) is 14.6. The molecule has 1 N–H and O–H groups in total. The Balaban J connectivity index is 4.08. The number of nitrogens with zero attached hydrogens (tertiary/aromatic N) is 1. The molecule has 0 aliphatic rings. The van der Waals surface area contributed by atoms with Crippen LogP contribution in [0.15, 0.2) is 0 Å². The number of unbranched alkanes of at least 4 members (excludes halogenated alkanes) is 7. The maximum absolute atomic E-state index is 11.3. The molecular weight excluding hydrogens is 242 g/mol. The van der Waals surface area contributed by atoms with Crippen molar-refractivity contribution < 1.29 is 10.0 Å². The third-order valence-electron chi connectivity index (χ3n) is 3.92. The molecular formula is C15H31NO3. The normalized spacial score (nSPS) is 14.3. The van der Waals surface area contributed by atoms with E-state index < -0.39 is 5.54 Å². The summed E-state index contributed by atoms with van der Waals surface area (Å²) >= 11 is 0. The first-order valence-corrected chi connectivity index (χ1v) is 7.88. The van der Waals surface area contributed by atoms with E-state index in [1.807, 2.05) is 0 Å². The fourth-order valence-corrected chi connectivity index (χ4v) is 2.46. The van der Waals surface area contributed by atoms with Crippen molar-refractivity contribution in [3.63, 3.8) is 0 Å². The van der Waals surface area contributed by atoms with E-state index in [0.717, 1.165) is 38.5 Å². The van der Waals surface area contributed by atoms with Crippen LogP contribution < -0.4 is 0 Å². The summed E-state index contributed by atoms with van der Waals surface area (Å²) < 4.78 is 0. The summed E-state index contributed by atoms with van der Waals surface area (Å²) in [6.45, 7) is 3.94. The van der Waals surface area contributed by atoms with Crippen LogP contribution in [0.3, 0.4) is 0 Å². The molecule has 4 heteroatoms. The van der Waals surface area contributed by atoms with Gasteiger partial charge in [-0.3, -0.25) is 10.1 Å². The summed E-state index contributed by atoms with van der Waals surface area (Å²) in [4.78, 5) is 11.0. The van der Waals surface area contributed by atoms with Gasteiger partial charge in [-0.2, -0.15) is 0 Å². The molecule has 0 heterocycles. The van der Waals surface area contributed by atoms with E-state index in [9.17, 15) is 15.2 Å². The smallest absolute Gasteiger partial charge is 0.244 e. The van der Waals surface area contributed by atoms with Crippen LogP contribution in [-0.2, 0) is 0 Å². The zero-order valence-electron chi connectivity index (χ0n) is 12.7. The fraction of sp³-hybridized carbons (Fsp3) is 1.00. The third-order valence-corrected chi connectivity index (χ3v) is 3.92. The van der Waals surface area contributed by atoms with Crippen molar-refractivity contribution in [3.8, 4) is 0 Å². The lowest BCUT2D eigenvalue weighted by atomic mass is 9.87. The van der Waals surface area contributed by atoms with Gasteiger partial charge in [0.2, 0.25) is 5.54 Å². The van der Waals surface area contributed by atoms with Crippen molar-refractivity contribution in [2.45, 2.75) is 90.0 Å². The highest BCUT2D eigenvalue weighted by Gasteiger charge is 2.40. The van der Waals surface area contributed by atoms with Crippen molar-refractivity contribution in [2.75, 3.05) is 6.61 Å². The second-order valence-corrected chi connectivity index (χ2v) is 5.61. The minimum Gasteiger partial charge on any atom is -0.389 e. The highest BCUT2D eigenvalue weighted by atomic mass is 16.6. The number of aliphatic hydroxyl groups excluding tert-OH is 1. The monoisotopic (exact) mass is 273 g/mol. The quantitative estimate of drug-likeness (QED) is 0.309. The third kappa shape index (κ3) is 7.51. The van der Waals surface area contributed by atoms with Gasteiger partial charge < -0.3 is 5.11 Å². The Morgan fingerprint density at radius 3 is 1.79 bits per heavy atom. The van der Waals surface area contributed by atoms with Gasteiger partial charge in [-0.1, -0.05) is 58.8 Å². The first-order valence-electron chi connectivity index (χ1n) is 7.88. The van der Waals surface area contributed by atoms with Crippen molar-refractivity contribution in [1.82, 2.24) is 0 Å². The average molecular weight is 273 g/mol. The van der Waals surface area contributed by atoms with Gasteiger partial charge in [0.05, 0.1) is 0 Å². The van der Waals surface area contributed by atoms with Crippen LogP contribution in [-0.4, -0.2) is 22.2 Å². The largest absolute Gasteiger partial charge is 0.389 e. The molecule has 0 rings (SSSR count). The molecule has 0 aromatic carbocycles. The summed E-state index contributed by atoms with van der Waals surface area (Å²) in [7, 11) is 0. The lowest BCUT2D eigenvalue weighted by Crippen LogP contribution is -2.42. The molecule has 0 fully saturated rings. The van der Waals surface area contributed by atoms with Crippen molar-refractivity contribution in [1.29, 1.82) is 0 Å². The zero-order valence-corrected chi connectivity index (χ0v) is 12.7.